The van der Waals surface area contributed by atoms with Gasteiger partial charge in [-0.3, -0.25) is 4.79 Å². The average molecular weight is 287 g/mol. The van der Waals surface area contributed by atoms with E-state index in [9.17, 15) is 18.0 Å². The zero-order chi connectivity index (χ0) is 15.0. The molecule has 0 unspecified atom stereocenters. The first-order chi connectivity index (χ1) is 9.27. The van der Waals surface area contributed by atoms with Crippen molar-refractivity contribution >= 4 is 5.97 Å². The van der Waals surface area contributed by atoms with E-state index >= 15 is 0 Å². The summed E-state index contributed by atoms with van der Waals surface area (Å²) in [5, 5.41) is 11.7. The second kappa shape index (κ2) is 5.09. The van der Waals surface area contributed by atoms with Crippen LogP contribution in [0.2, 0.25) is 0 Å². The van der Waals surface area contributed by atoms with Crippen molar-refractivity contribution in [2.24, 2.45) is 11.3 Å². The summed E-state index contributed by atoms with van der Waals surface area (Å²) >= 11 is 0. The zero-order valence-corrected chi connectivity index (χ0v) is 11.0. The van der Waals surface area contributed by atoms with Crippen LogP contribution in [0.25, 0.3) is 0 Å². The standard InChI is InChI=1S/C14H16F3NO2/c1-9-3-2-4-10(5-9)6-11-7-18-8-13(11,12(19)20)14(15,16)17/h2-5,11,18H,6-8H2,1H3,(H,19,20)/t11-,13-/m0/s1. The molecule has 0 amide bonds. The molecule has 0 radical (unpaired) electrons. The molecule has 1 aromatic rings. The number of aliphatic carboxylic acids is 1. The first kappa shape index (κ1) is 14.8. The Kier molecular flexibility index (Phi) is 3.77. The highest BCUT2D eigenvalue weighted by molar-refractivity contribution is 5.77. The quantitative estimate of drug-likeness (QED) is 0.897. The van der Waals surface area contributed by atoms with Gasteiger partial charge < -0.3 is 10.4 Å². The molecule has 1 aromatic carbocycles. The Morgan fingerprint density at radius 3 is 2.75 bits per heavy atom. The van der Waals surface area contributed by atoms with E-state index in [-0.39, 0.29) is 13.0 Å². The van der Waals surface area contributed by atoms with Gasteiger partial charge in [-0.25, -0.2) is 0 Å². The Labute approximate surface area is 114 Å². The molecule has 110 valence electrons. The number of carboxylic acid groups (broad SMARTS) is 1. The number of carboxylic acids is 1. The number of nitrogens with one attached hydrogen (secondary N) is 1. The topological polar surface area (TPSA) is 49.3 Å². The van der Waals surface area contributed by atoms with E-state index in [1.54, 1.807) is 18.2 Å². The van der Waals surface area contributed by atoms with Crippen molar-refractivity contribution < 1.29 is 23.1 Å². The predicted octanol–water partition coefficient (Wildman–Crippen LogP) is 2.39. The molecule has 1 saturated heterocycles. The first-order valence-electron chi connectivity index (χ1n) is 6.34. The zero-order valence-electron chi connectivity index (χ0n) is 11.0. The summed E-state index contributed by atoms with van der Waals surface area (Å²) in [6, 6.07) is 7.14. The molecule has 0 aliphatic carbocycles. The van der Waals surface area contributed by atoms with Crippen LogP contribution in [0.3, 0.4) is 0 Å². The molecule has 0 bridgehead atoms. The molecule has 0 saturated carbocycles. The maximum absolute atomic E-state index is 13.3. The van der Waals surface area contributed by atoms with Crippen molar-refractivity contribution in [1.29, 1.82) is 0 Å². The summed E-state index contributed by atoms with van der Waals surface area (Å²) < 4.78 is 39.8. The fourth-order valence-corrected chi connectivity index (χ4v) is 2.84. The van der Waals surface area contributed by atoms with Crippen molar-refractivity contribution in [3.8, 4) is 0 Å². The minimum Gasteiger partial charge on any atom is -0.481 e. The van der Waals surface area contributed by atoms with E-state index < -0.39 is 30.0 Å². The SMILES string of the molecule is Cc1cccc(C[C@H]2CNC[C@]2(C(=O)O)C(F)(F)F)c1. The molecule has 1 aliphatic rings. The van der Waals surface area contributed by atoms with Crippen molar-refractivity contribution in [3.63, 3.8) is 0 Å². The second-order valence-corrected chi connectivity index (χ2v) is 5.30. The summed E-state index contributed by atoms with van der Waals surface area (Å²) in [7, 11) is 0. The maximum Gasteiger partial charge on any atom is 0.406 e. The summed E-state index contributed by atoms with van der Waals surface area (Å²) in [6.07, 6.45) is -4.67. The summed E-state index contributed by atoms with van der Waals surface area (Å²) in [5.41, 5.74) is -1.02. The molecule has 3 nitrogen and oxygen atoms in total. The minimum absolute atomic E-state index is 0.0553. The largest absolute Gasteiger partial charge is 0.481 e. The molecule has 1 aliphatic heterocycles. The highest BCUT2D eigenvalue weighted by atomic mass is 19.4. The normalized spacial score (nSPS) is 26.7. The van der Waals surface area contributed by atoms with Crippen LogP contribution in [0.5, 0.6) is 0 Å². The molecule has 0 spiro atoms. The van der Waals surface area contributed by atoms with Gasteiger partial charge in [0.05, 0.1) is 0 Å². The first-order valence-corrected chi connectivity index (χ1v) is 6.34. The Morgan fingerprint density at radius 2 is 2.20 bits per heavy atom. The number of halogens is 3. The Morgan fingerprint density at radius 1 is 1.50 bits per heavy atom. The Bertz CT molecular complexity index is 515. The third-order valence-corrected chi connectivity index (χ3v) is 3.94. The van der Waals surface area contributed by atoms with Crippen molar-refractivity contribution in [3.05, 3.63) is 35.4 Å². The van der Waals surface area contributed by atoms with Gasteiger partial charge in [0, 0.05) is 12.5 Å². The van der Waals surface area contributed by atoms with Crippen LogP contribution in [0, 0.1) is 18.3 Å². The molecular weight excluding hydrogens is 271 g/mol. The monoisotopic (exact) mass is 287 g/mol. The van der Waals surface area contributed by atoms with E-state index in [1.807, 2.05) is 13.0 Å². The molecule has 2 rings (SSSR count). The van der Waals surface area contributed by atoms with Crippen LogP contribution in [0.1, 0.15) is 11.1 Å². The van der Waals surface area contributed by atoms with Gasteiger partial charge in [0.1, 0.15) is 0 Å². The van der Waals surface area contributed by atoms with E-state index in [2.05, 4.69) is 5.32 Å². The van der Waals surface area contributed by atoms with Gasteiger partial charge in [-0.05, 0) is 25.5 Å². The van der Waals surface area contributed by atoms with Crippen LogP contribution in [-0.2, 0) is 11.2 Å². The Hall–Kier alpha value is -1.56. The summed E-state index contributed by atoms with van der Waals surface area (Å²) in [6.45, 7) is 1.34. The van der Waals surface area contributed by atoms with Crippen molar-refractivity contribution in [2.45, 2.75) is 19.5 Å². The maximum atomic E-state index is 13.3. The number of benzene rings is 1. The lowest BCUT2D eigenvalue weighted by Gasteiger charge is -2.32. The second-order valence-electron chi connectivity index (χ2n) is 5.30. The smallest absolute Gasteiger partial charge is 0.406 e. The molecular formula is C14H16F3NO2. The van der Waals surface area contributed by atoms with Crippen LogP contribution in [0.4, 0.5) is 13.2 Å². The van der Waals surface area contributed by atoms with Gasteiger partial charge >= 0.3 is 12.1 Å². The van der Waals surface area contributed by atoms with E-state index in [0.717, 1.165) is 11.1 Å². The highest BCUT2D eigenvalue weighted by Crippen LogP contribution is 2.47. The number of hydrogen-bond acceptors (Lipinski definition) is 2. The van der Waals surface area contributed by atoms with Gasteiger partial charge in [-0.1, -0.05) is 29.8 Å². The molecule has 0 aromatic heterocycles. The fraction of sp³-hybridized carbons (Fsp3) is 0.500. The third kappa shape index (κ3) is 2.40. The van der Waals surface area contributed by atoms with Gasteiger partial charge in [0.2, 0.25) is 0 Å². The van der Waals surface area contributed by atoms with Gasteiger partial charge in [0.25, 0.3) is 0 Å². The predicted molar refractivity (Wildman–Crippen MR) is 67.4 cm³/mol. The number of aryl methyl sites for hydroxylation is 1. The van der Waals surface area contributed by atoms with Crippen LogP contribution < -0.4 is 5.32 Å². The van der Waals surface area contributed by atoms with Gasteiger partial charge in [0.15, 0.2) is 5.41 Å². The third-order valence-electron chi connectivity index (χ3n) is 3.94. The summed E-state index contributed by atoms with van der Waals surface area (Å²) in [5.74, 6) is -2.80. The number of hydrogen-bond donors (Lipinski definition) is 2. The lowest BCUT2D eigenvalue weighted by molar-refractivity contribution is -0.236. The summed E-state index contributed by atoms with van der Waals surface area (Å²) in [4.78, 5) is 11.3. The van der Waals surface area contributed by atoms with Crippen LogP contribution in [0.15, 0.2) is 24.3 Å². The Balaban J connectivity index is 2.32. The molecule has 6 heteroatoms. The highest BCUT2D eigenvalue weighted by Gasteiger charge is 2.66. The van der Waals surface area contributed by atoms with Crippen LogP contribution in [-0.4, -0.2) is 30.3 Å². The molecule has 20 heavy (non-hydrogen) atoms. The molecule has 2 atom stereocenters. The number of alkyl halides is 3. The van der Waals surface area contributed by atoms with E-state index in [0.29, 0.717) is 0 Å². The van der Waals surface area contributed by atoms with E-state index in [1.165, 1.54) is 0 Å². The average Bonchev–Trinajstić information content (AvgIpc) is 2.73. The van der Waals surface area contributed by atoms with Crippen molar-refractivity contribution in [2.75, 3.05) is 13.1 Å². The molecule has 1 fully saturated rings. The lowest BCUT2D eigenvalue weighted by Crippen LogP contribution is -2.51. The minimum atomic E-state index is -4.77. The van der Waals surface area contributed by atoms with E-state index in [4.69, 9.17) is 5.11 Å². The number of carbonyl (C=O) groups is 1. The van der Waals surface area contributed by atoms with Gasteiger partial charge in [-0.2, -0.15) is 13.2 Å². The number of rotatable bonds is 3. The van der Waals surface area contributed by atoms with Gasteiger partial charge in [-0.15, -0.1) is 0 Å². The molecule has 1 heterocycles. The molecule has 2 N–H and O–H groups in total. The lowest BCUT2D eigenvalue weighted by atomic mass is 9.74. The fourth-order valence-electron chi connectivity index (χ4n) is 2.84. The van der Waals surface area contributed by atoms with Crippen LogP contribution >= 0.6 is 0 Å². The van der Waals surface area contributed by atoms with Crippen molar-refractivity contribution in [1.82, 2.24) is 5.32 Å².